The molecule has 2 heterocycles. The summed E-state index contributed by atoms with van der Waals surface area (Å²) in [5.41, 5.74) is 3.61. The van der Waals surface area contributed by atoms with Crippen molar-refractivity contribution < 1.29 is 9.72 Å². The van der Waals surface area contributed by atoms with E-state index in [0.29, 0.717) is 10.0 Å². The molecule has 4 aromatic rings. The van der Waals surface area contributed by atoms with Crippen LogP contribution in [-0.2, 0) is 0 Å². The number of thiazole rings is 1. The van der Waals surface area contributed by atoms with Gasteiger partial charge in [0.15, 0.2) is 5.13 Å². The van der Waals surface area contributed by atoms with Crippen molar-refractivity contribution in [1.82, 2.24) is 4.98 Å². The van der Waals surface area contributed by atoms with E-state index in [1.54, 1.807) is 18.2 Å². The summed E-state index contributed by atoms with van der Waals surface area (Å²) in [5, 5.41) is 16.1. The predicted octanol–water partition coefficient (Wildman–Crippen LogP) is 6.01. The molecule has 0 aliphatic rings. The Kier molecular flexibility index (Phi) is 5.20. The summed E-state index contributed by atoms with van der Waals surface area (Å²) in [6, 6.07) is 17.9. The number of nitrogens with zero attached hydrogens (tertiary/aromatic N) is 2. The lowest BCUT2D eigenvalue weighted by Crippen LogP contribution is -2.09. The molecule has 0 saturated heterocycles. The lowest BCUT2D eigenvalue weighted by atomic mass is 10.1. The van der Waals surface area contributed by atoms with Gasteiger partial charge in [0.25, 0.3) is 11.6 Å². The Morgan fingerprint density at radius 2 is 1.72 bits per heavy atom. The summed E-state index contributed by atoms with van der Waals surface area (Å²) in [5.74, 6) is -0.209. The summed E-state index contributed by atoms with van der Waals surface area (Å²) in [6.07, 6.45) is 0. The van der Waals surface area contributed by atoms with Gasteiger partial charge in [0.2, 0.25) is 0 Å². The molecule has 0 radical (unpaired) electrons. The first-order chi connectivity index (χ1) is 14.0. The predicted molar refractivity (Wildman–Crippen MR) is 117 cm³/mol. The molecule has 1 amide bonds. The number of aryl methyl sites for hydroxylation is 1. The van der Waals surface area contributed by atoms with E-state index < -0.39 is 4.92 Å². The number of benzene rings is 2. The van der Waals surface area contributed by atoms with Crippen LogP contribution in [0.3, 0.4) is 0 Å². The van der Waals surface area contributed by atoms with E-state index in [-0.39, 0.29) is 11.6 Å². The van der Waals surface area contributed by atoms with Crippen LogP contribution in [0.15, 0.2) is 66.0 Å². The van der Waals surface area contributed by atoms with Crippen LogP contribution in [0.25, 0.3) is 21.7 Å². The fraction of sp³-hybridized carbons (Fsp3) is 0.0476. The lowest BCUT2D eigenvalue weighted by Gasteiger charge is -2.03. The third-order valence-electron chi connectivity index (χ3n) is 4.26. The first kappa shape index (κ1) is 19.0. The average Bonchev–Trinajstić information content (AvgIpc) is 3.39. The fourth-order valence-corrected chi connectivity index (χ4v) is 4.38. The summed E-state index contributed by atoms with van der Waals surface area (Å²) >= 11 is 2.70. The maximum Gasteiger partial charge on any atom is 0.269 e. The largest absolute Gasteiger partial charge is 0.297 e. The van der Waals surface area contributed by atoms with Crippen LogP contribution in [0.2, 0.25) is 0 Å². The monoisotopic (exact) mass is 421 g/mol. The van der Waals surface area contributed by atoms with Crippen LogP contribution in [0.4, 0.5) is 10.8 Å². The normalized spacial score (nSPS) is 10.7. The van der Waals surface area contributed by atoms with Gasteiger partial charge in [0.1, 0.15) is 0 Å². The van der Waals surface area contributed by atoms with Crippen LogP contribution in [0.1, 0.15) is 15.2 Å². The third kappa shape index (κ3) is 4.08. The Morgan fingerprint density at radius 3 is 2.34 bits per heavy atom. The van der Waals surface area contributed by atoms with Crippen LogP contribution in [-0.4, -0.2) is 15.8 Å². The first-order valence-corrected chi connectivity index (χ1v) is 10.4. The SMILES string of the molecule is Cc1ccc(-c2nc(NC(=O)c3cccs3)sc2-c2ccc([N+](=O)[O-])cc2)cc1. The molecule has 0 bridgehead atoms. The number of aromatic nitrogens is 1. The number of carbonyl (C=O) groups excluding carboxylic acids is 1. The molecule has 0 atom stereocenters. The van der Waals surface area contributed by atoms with Gasteiger partial charge >= 0.3 is 0 Å². The topological polar surface area (TPSA) is 85.1 Å². The molecule has 4 rings (SSSR count). The zero-order valence-electron chi connectivity index (χ0n) is 15.3. The molecule has 2 aromatic heterocycles. The smallest absolute Gasteiger partial charge is 0.269 e. The maximum absolute atomic E-state index is 12.4. The van der Waals surface area contributed by atoms with Gasteiger partial charge in [0.05, 0.1) is 20.4 Å². The molecule has 0 aliphatic carbocycles. The van der Waals surface area contributed by atoms with E-state index in [4.69, 9.17) is 0 Å². The van der Waals surface area contributed by atoms with Gasteiger partial charge in [0, 0.05) is 17.7 Å². The molecule has 0 fully saturated rings. The highest BCUT2D eigenvalue weighted by Gasteiger charge is 2.18. The molecule has 1 N–H and O–H groups in total. The number of nitro benzene ring substituents is 1. The quantitative estimate of drug-likeness (QED) is 0.316. The minimum Gasteiger partial charge on any atom is -0.297 e. The van der Waals surface area contributed by atoms with Gasteiger partial charge in [-0.1, -0.05) is 47.2 Å². The Morgan fingerprint density at radius 1 is 1.03 bits per heavy atom. The number of amides is 1. The summed E-state index contributed by atoms with van der Waals surface area (Å²) in [7, 11) is 0. The molecule has 8 heteroatoms. The van der Waals surface area contributed by atoms with Gasteiger partial charge in [-0.05, 0) is 36.1 Å². The van der Waals surface area contributed by atoms with E-state index >= 15 is 0 Å². The number of carbonyl (C=O) groups is 1. The number of thiophene rings is 1. The molecule has 0 saturated carbocycles. The van der Waals surface area contributed by atoms with Gasteiger partial charge < -0.3 is 0 Å². The highest BCUT2D eigenvalue weighted by atomic mass is 32.1. The van der Waals surface area contributed by atoms with E-state index in [2.05, 4.69) is 10.3 Å². The van der Waals surface area contributed by atoms with Crippen molar-refractivity contribution in [2.75, 3.05) is 5.32 Å². The van der Waals surface area contributed by atoms with Crippen LogP contribution in [0, 0.1) is 17.0 Å². The van der Waals surface area contributed by atoms with Crippen molar-refractivity contribution >= 4 is 39.4 Å². The first-order valence-electron chi connectivity index (χ1n) is 8.69. The summed E-state index contributed by atoms with van der Waals surface area (Å²) in [6.45, 7) is 2.01. The van der Waals surface area contributed by atoms with Crippen LogP contribution < -0.4 is 5.32 Å². The fourth-order valence-electron chi connectivity index (χ4n) is 2.78. The van der Waals surface area contributed by atoms with E-state index in [1.807, 2.05) is 42.6 Å². The van der Waals surface area contributed by atoms with E-state index in [9.17, 15) is 14.9 Å². The van der Waals surface area contributed by atoms with E-state index in [1.165, 1.54) is 34.8 Å². The Balaban J connectivity index is 1.75. The van der Waals surface area contributed by atoms with Gasteiger partial charge in [-0.2, -0.15) is 0 Å². The van der Waals surface area contributed by atoms with Crippen LogP contribution in [0.5, 0.6) is 0 Å². The van der Waals surface area contributed by atoms with Crippen molar-refractivity contribution in [3.63, 3.8) is 0 Å². The number of anilines is 1. The molecular formula is C21H15N3O3S2. The van der Waals surface area contributed by atoms with Crippen molar-refractivity contribution in [3.8, 4) is 21.7 Å². The zero-order chi connectivity index (χ0) is 20.4. The number of rotatable bonds is 5. The molecule has 144 valence electrons. The van der Waals surface area contributed by atoms with Crippen molar-refractivity contribution in [2.45, 2.75) is 6.92 Å². The van der Waals surface area contributed by atoms with E-state index in [0.717, 1.165) is 27.3 Å². The average molecular weight is 422 g/mol. The standard InChI is InChI=1S/C21H15N3O3S2/c1-13-4-6-14(7-5-13)18-19(15-8-10-16(11-9-15)24(26)27)29-21(22-18)23-20(25)17-3-2-12-28-17/h2-12H,1H3,(H,22,23,25). The Hall–Kier alpha value is -3.36. The Bertz CT molecular complexity index is 1170. The van der Waals surface area contributed by atoms with Crippen molar-refractivity contribution in [2.24, 2.45) is 0 Å². The summed E-state index contributed by atoms with van der Waals surface area (Å²) in [4.78, 5) is 29.0. The van der Waals surface area contributed by atoms with Crippen LogP contribution >= 0.6 is 22.7 Å². The number of nitro groups is 1. The highest BCUT2D eigenvalue weighted by molar-refractivity contribution is 7.19. The second-order valence-electron chi connectivity index (χ2n) is 6.30. The molecule has 2 aromatic carbocycles. The maximum atomic E-state index is 12.4. The summed E-state index contributed by atoms with van der Waals surface area (Å²) < 4.78 is 0. The molecular weight excluding hydrogens is 406 g/mol. The molecule has 0 aliphatic heterocycles. The molecule has 6 nitrogen and oxygen atoms in total. The lowest BCUT2D eigenvalue weighted by molar-refractivity contribution is -0.384. The molecule has 29 heavy (non-hydrogen) atoms. The molecule has 0 unspecified atom stereocenters. The second-order valence-corrected chi connectivity index (χ2v) is 8.24. The van der Waals surface area contributed by atoms with Gasteiger partial charge in [-0.3, -0.25) is 20.2 Å². The highest BCUT2D eigenvalue weighted by Crippen LogP contribution is 2.39. The zero-order valence-corrected chi connectivity index (χ0v) is 16.9. The second kappa shape index (κ2) is 7.94. The minimum absolute atomic E-state index is 0.0290. The molecule has 0 spiro atoms. The number of nitrogens with one attached hydrogen (secondary N) is 1. The number of hydrogen-bond donors (Lipinski definition) is 1. The van der Waals surface area contributed by atoms with Crippen molar-refractivity contribution in [3.05, 3.63) is 86.6 Å². The number of non-ortho nitro benzene ring substituents is 1. The van der Waals surface area contributed by atoms with Gasteiger partial charge in [-0.25, -0.2) is 4.98 Å². The van der Waals surface area contributed by atoms with Gasteiger partial charge in [-0.15, -0.1) is 11.3 Å². The third-order valence-corrected chi connectivity index (χ3v) is 6.15. The van der Waals surface area contributed by atoms with Crippen molar-refractivity contribution in [1.29, 1.82) is 0 Å². The minimum atomic E-state index is -0.427. The Labute approximate surface area is 174 Å². The number of hydrogen-bond acceptors (Lipinski definition) is 6.